The highest BCUT2D eigenvalue weighted by Crippen LogP contribution is 2.24. The normalized spacial score (nSPS) is 18.5. The number of carbonyl (C=O) groups is 2. The van der Waals surface area contributed by atoms with Crippen LogP contribution < -0.4 is 10.6 Å². The number of nitriles is 1. The number of hydrogen-bond donors (Lipinski definition) is 2. The molecule has 36 heavy (non-hydrogen) atoms. The Labute approximate surface area is 212 Å². The largest absolute Gasteiger partial charge is 0.436 e. The van der Waals surface area contributed by atoms with E-state index in [0.717, 1.165) is 16.3 Å². The smallest absolute Gasteiger partial charge is 0.412 e. The standard InChI is InChI=1S/C29H32N4O3/c1-21(2)16-26(36-28(35)31-25-13-12-23-10-6-7-11-24(23)17-25)27(34)32-29(19-30)14-15-33(20-29)18-22-8-4-3-5-9-22/h3-13,17,21,26H,14-16,18,20H2,1-2H3,(H,31,35)(H,32,34). The SMILES string of the molecule is CC(C)CC(OC(=O)Nc1ccc2ccccc2c1)C(=O)NC1(C#N)CCN(Cc2ccccc2)C1. The van der Waals surface area contributed by atoms with Gasteiger partial charge in [-0.2, -0.15) is 5.26 Å². The number of fused-ring (bicyclic) bond motifs is 1. The first-order valence-electron chi connectivity index (χ1n) is 12.3. The lowest BCUT2D eigenvalue weighted by Gasteiger charge is -2.27. The van der Waals surface area contributed by atoms with Crippen molar-refractivity contribution in [2.45, 2.75) is 44.9 Å². The van der Waals surface area contributed by atoms with Crippen LogP contribution in [0.4, 0.5) is 10.5 Å². The Kier molecular flexibility index (Phi) is 7.87. The Morgan fingerprint density at radius 2 is 1.78 bits per heavy atom. The molecule has 1 aliphatic rings. The highest BCUT2D eigenvalue weighted by atomic mass is 16.6. The van der Waals surface area contributed by atoms with Gasteiger partial charge in [0.15, 0.2) is 6.10 Å². The number of carbonyl (C=O) groups excluding carboxylic acids is 2. The summed E-state index contributed by atoms with van der Waals surface area (Å²) in [6.45, 7) is 5.74. The number of rotatable bonds is 8. The second-order valence-electron chi connectivity index (χ2n) is 9.84. The fraction of sp³-hybridized carbons (Fsp3) is 0.345. The van der Waals surface area contributed by atoms with E-state index in [1.807, 2.05) is 80.6 Å². The number of nitrogens with one attached hydrogen (secondary N) is 2. The molecule has 0 spiro atoms. The highest BCUT2D eigenvalue weighted by Gasteiger charge is 2.41. The predicted molar refractivity (Wildman–Crippen MR) is 140 cm³/mol. The number of ether oxygens (including phenoxy) is 1. The van der Waals surface area contributed by atoms with Crippen molar-refractivity contribution in [3.63, 3.8) is 0 Å². The minimum absolute atomic E-state index is 0.116. The summed E-state index contributed by atoms with van der Waals surface area (Å²) in [7, 11) is 0. The molecule has 2 N–H and O–H groups in total. The first-order valence-corrected chi connectivity index (χ1v) is 12.3. The molecule has 1 heterocycles. The third kappa shape index (κ3) is 6.41. The summed E-state index contributed by atoms with van der Waals surface area (Å²) in [6.07, 6.45) is -0.834. The van der Waals surface area contributed by atoms with Crippen LogP contribution in [-0.2, 0) is 16.1 Å². The van der Waals surface area contributed by atoms with E-state index in [-0.39, 0.29) is 5.92 Å². The van der Waals surface area contributed by atoms with Gasteiger partial charge in [0.2, 0.25) is 0 Å². The molecule has 0 aliphatic carbocycles. The zero-order chi connectivity index (χ0) is 25.5. The number of amides is 2. The van der Waals surface area contributed by atoms with Crippen molar-refractivity contribution in [1.29, 1.82) is 5.26 Å². The van der Waals surface area contributed by atoms with E-state index >= 15 is 0 Å². The molecule has 1 saturated heterocycles. The lowest BCUT2D eigenvalue weighted by Crippen LogP contribution is -2.53. The monoisotopic (exact) mass is 484 g/mol. The Balaban J connectivity index is 1.39. The second kappa shape index (κ2) is 11.2. The summed E-state index contributed by atoms with van der Waals surface area (Å²) in [4.78, 5) is 28.1. The van der Waals surface area contributed by atoms with Gasteiger partial charge in [0.1, 0.15) is 5.54 Å². The second-order valence-corrected chi connectivity index (χ2v) is 9.84. The van der Waals surface area contributed by atoms with E-state index in [9.17, 15) is 14.9 Å². The zero-order valence-corrected chi connectivity index (χ0v) is 20.7. The molecule has 1 aliphatic heterocycles. The maximum Gasteiger partial charge on any atom is 0.412 e. The van der Waals surface area contributed by atoms with Gasteiger partial charge in [-0.05, 0) is 47.2 Å². The maximum absolute atomic E-state index is 13.2. The zero-order valence-electron chi connectivity index (χ0n) is 20.7. The van der Waals surface area contributed by atoms with Crippen LogP contribution >= 0.6 is 0 Å². The summed E-state index contributed by atoms with van der Waals surface area (Å²) in [5, 5.41) is 17.7. The van der Waals surface area contributed by atoms with Gasteiger partial charge in [-0.1, -0.05) is 74.5 Å². The summed E-state index contributed by atoms with van der Waals surface area (Å²) in [6, 6.07) is 25.8. The Morgan fingerprint density at radius 3 is 2.50 bits per heavy atom. The van der Waals surface area contributed by atoms with Crippen LogP contribution in [0.1, 0.15) is 32.3 Å². The lowest BCUT2D eigenvalue weighted by molar-refractivity contribution is -0.131. The van der Waals surface area contributed by atoms with E-state index < -0.39 is 23.6 Å². The van der Waals surface area contributed by atoms with Crippen molar-refractivity contribution in [1.82, 2.24) is 10.2 Å². The van der Waals surface area contributed by atoms with Gasteiger partial charge in [-0.25, -0.2) is 4.79 Å². The van der Waals surface area contributed by atoms with E-state index in [0.29, 0.717) is 38.2 Å². The molecule has 4 rings (SSSR count). The van der Waals surface area contributed by atoms with Crippen LogP contribution in [0.2, 0.25) is 0 Å². The molecule has 0 bridgehead atoms. The van der Waals surface area contributed by atoms with E-state index in [4.69, 9.17) is 4.74 Å². The summed E-state index contributed by atoms with van der Waals surface area (Å²) >= 11 is 0. The Bertz CT molecular complexity index is 1250. The van der Waals surface area contributed by atoms with Gasteiger partial charge in [-0.15, -0.1) is 0 Å². The molecular weight excluding hydrogens is 452 g/mol. The predicted octanol–water partition coefficient (Wildman–Crippen LogP) is 5.09. The number of benzene rings is 3. The molecular formula is C29H32N4O3. The van der Waals surface area contributed by atoms with Crippen LogP contribution in [0, 0.1) is 17.2 Å². The fourth-order valence-electron chi connectivity index (χ4n) is 4.58. The first-order chi connectivity index (χ1) is 17.4. The lowest BCUT2D eigenvalue weighted by atomic mass is 9.98. The van der Waals surface area contributed by atoms with Crippen LogP contribution in [0.5, 0.6) is 0 Å². The van der Waals surface area contributed by atoms with Crippen molar-refractivity contribution in [3.8, 4) is 6.07 Å². The van der Waals surface area contributed by atoms with Crippen molar-refractivity contribution < 1.29 is 14.3 Å². The van der Waals surface area contributed by atoms with E-state index in [1.165, 1.54) is 0 Å². The molecule has 7 heteroatoms. The Hall–Kier alpha value is -3.89. The first kappa shape index (κ1) is 25.2. The third-order valence-corrected chi connectivity index (χ3v) is 6.40. The average molecular weight is 485 g/mol. The van der Waals surface area contributed by atoms with Crippen LogP contribution in [0.25, 0.3) is 10.8 Å². The van der Waals surface area contributed by atoms with Crippen LogP contribution in [0.3, 0.4) is 0 Å². The molecule has 3 aromatic rings. The van der Waals surface area contributed by atoms with Crippen LogP contribution in [-0.4, -0.2) is 41.6 Å². The molecule has 0 radical (unpaired) electrons. The molecule has 0 saturated carbocycles. The number of hydrogen-bond acceptors (Lipinski definition) is 5. The molecule has 0 aromatic heterocycles. The summed E-state index contributed by atoms with van der Waals surface area (Å²) in [5.74, 6) is -0.328. The van der Waals surface area contributed by atoms with Gasteiger partial charge in [0, 0.05) is 25.3 Å². The molecule has 7 nitrogen and oxygen atoms in total. The third-order valence-electron chi connectivity index (χ3n) is 6.40. The molecule has 3 aromatic carbocycles. The van der Waals surface area contributed by atoms with Crippen molar-refractivity contribution in [2.75, 3.05) is 18.4 Å². The van der Waals surface area contributed by atoms with Gasteiger partial charge in [-0.3, -0.25) is 15.0 Å². The molecule has 2 amide bonds. The highest BCUT2D eigenvalue weighted by molar-refractivity contribution is 5.92. The number of likely N-dealkylation sites (tertiary alicyclic amines) is 1. The molecule has 186 valence electrons. The quantitative estimate of drug-likeness (QED) is 0.465. The minimum atomic E-state index is -1.01. The molecule has 2 atom stereocenters. The van der Waals surface area contributed by atoms with Gasteiger partial charge in [0.05, 0.1) is 6.07 Å². The van der Waals surface area contributed by atoms with Crippen molar-refractivity contribution >= 4 is 28.5 Å². The average Bonchev–Trinajstić information content (AvgIpc) is 3.26. The van der Waals surface area contributed by atoms with Gasteiger partial charge < -0.3 is 10.1 Å². The maximum atomic E-state index is 13.2. The molecule has 2 unspecified atom stereocenters. The van der Waals surface area contributed by atoms with Crippen molar-refractivity contribution in [2.24, 2.45) is 5.92 Å². The van der Waals surface area contributed by atoms with Gasteiger partial charge >= 0.3 is 6.09 Å². The minimum Gasteiger partial charge on any atom is -0.436 e. The number of anilines is 1. The van der Waals surface area contributed by atoms with E-state index in [2.05, 4.69) is 21.6 Å². The summed E-state index contributed by atoms with van der Waals surface area (Å²) < 4.78 is 5.58. The van der Waals surface area contributed by atoms with E-state index in [1.54, 1.807) is 6.07 Å². The van der Waals surface area contributed by atoms with Gasteiger partial charge in [0.25, 0.3) is 5.91 Å². The summed E-state index contributed by atoms with van der Waals surface area (Å²) in [5.41, 5.74) is 0.728. The van der Waals surface area contributed by atoms with Crippen LogP contribution in [0.15, 0.2) is 72.8 Å². The molecule has 1 fully saturated rings. The Morgan fingerprint density at radius 1 is 1.06 bits per heavy atom. The fourth-order valence-corrected chi connectivity index (χ4v) is 4.58. The topological polar surface area (TPSA) is 94.5 Å². The number of nitrogens with zero attached hydrogens (tertiary/aromatic N) is 2. The van der Waals surface area contributed by atoms with Crippen molar-refractivity contribution in [3.05, 3.63) is 78.4 Å².